The average Bonchev–Trinajstić information content (AvgIpc) is 3.20. The molecule has 0 saturated carbocycles. The number of hydrogen-bond donors (Lipinski definition) is 2. The number of hydrogen-bond acceptors (Lipinski definition) is 5. The Morgan fingerprint density at radius 2 is 2.10 bits per heavy atom. The minimum atomic E-state index is -0.352. The molecule has 0 unspecified atom stereocenters. The Hall–Kier alpha value is -3.65. The Labute approximate surface area is 183 Å². The first-order chi connectivity index (χ1) is 15.1. The minimum Gasteiger partial charge on any atom is -0.351 e. The lowest BCUT2D eigenvalue weighted by Gasteiger charge is -2.06. The summed E-state index contributed by atoms with van der Waals surface area (Å²) >= 11 is 1.63. The normalized spacial score (nSPS) is 11.3. The third-order valence-corrected chi connectivity index (χ3v) is 5.68. The molecule has 0 aliphatic heterocycles. The largest absolute Gasteiger partial charge is 0.351 e. The van der Waals surface area contributed by atoms with Gasteiger partial charge in [-0.15, -0.1) is 11.8 Å². The van der Waals surface area contributed by atoms with E-state index in [1.165, 1.54) is 10.6 Å². The van der Waals surface area contributed by atoms with Crippen molar-refractivity contribution in [3.8, 4) is 0 Å². The number of carbonyl (C=O) groups is 1. The Bertz CT molecular complexity index is 1290. The van der Waals surface area contributed by atoms with Crippen LogP contribution in [0.3, 0.4) is 0 Å². The number of aryl methyl sites for hydroxylation is 1. The van der Waals surface area contributed by atoms with Crippen LogP contribution in [0.5, 0.6) is 0 Å². The number of aromatic nitrogens is 4. The van der Waals surface area contributed by atoms with Gasteiger partial charge < -0.3 is 9.88 Å². The Balaban J connectivity index is 1.34. The fraction of sp³-hybridized carbons (Fsp3) is 0.130. The molecule has 3 heterocycles. The van der Waals surface area contributed by atoms with Gasteiger partial charge in [0.25, 0.3) is 11.5 Å². The van der Waals surface area contributed by atoms with Gasteiger partial charge in [-0.1, -0.05) is 6.07 Å². The summed E-state index contributed by atoms with van der Waals surface area (Å²) < 4.78 is 1.39. The van der Waals surface area contributed by atoms with Crippen LogP contribution < -0.4 is 10.9 Å². The van der Waals surface area contributed by atoms with E-state index in [2.05, 4.69) is 20.5 Å². The van der Waals surface area contributed by atoms with Crippen molar-refractivity contribution in [1.82, 2.24) is 25.1 Å². The molecule has 0 saturated heterocycles. The standard InChI is InChI=1S/C23H21N5O2S/c1-28-13-4-6-19(23(28)30)22(29)25-12-14-31-17-8-9-18-20(26-27-21(18)15-17)10-7-16-5-2-3-11-24-16/h2-11,13,15H,12,14H2,1H3,(H,25,29)(H,26,27). The number of aromatic amines is 1. The predicted molar refractivity (Wildman–Crippen MR) is 124 cm³/mol. The predicted octanol–water partition coefficient (Wildman–Crippen LogP) is 3.35. The quantitative estimate of drug-likeness (QED) is 0.346. The van der Waals surface area contributed by atoms with Crippen LogP contribution in [0.25, 0.3) is 23.1 Å². The number of thioether (sulfide) groups is 1. The summed E-state index contributed by atoms with van der Waals surface area (Å²) in [6.45, 7) is 0.459. The van der Waals surface area contributed by atoms with Crippen LogP contribution in [0.2, 0.25) is 0 Å². The summed E-state index contributed by atoms with van der Waals surface area (Å²) in [6, 6.07) is 15.1. The first-order valence-corrected chi connectivity index (χ1v) is 10.7. The van der Waals surface area contributed by atoms with Gasteiger partial charge in [-0.2, -0.15) is 5.10 Å². The summed E-state index contributed by atoms with van der Waals surface area (Å²) in [5.41, 5.74) is 2.53. The van der Waals surface area contributed by atoms with Gasteiger partial charge in [0.1, 0.15) is 5.56 Å². The summed E-state index contributed by atoms with van der Waals surface area (Å²) in [6.07, 6.45) is 7.26. The van der Waals surface area contributed by atoms with Gasteiger partial charge in [0, 0.05) is 42.0 Å². The highest BCUT2D eigenvalue weighted by molar-refractivity contribution is 7.99. The third-order valence-electron chi connectivity index (χ3n) is 4.69. The highest BCUT2D eigenvalue weighted by Crippen LogP contribution is 2.25. The van der Waals surface area contributed by atoms with Crippen LogP contribution in [0.15, 0.2) is 70.6 Å². The molecule has 8 heteroatoms. The number of benzene rings is 1. The van der Waals surface area contributed by atoms with Crippen molar-refractivity contribution in [3.63, 3.8) is 0 Å². The molecule has 1 aromatic carbocycles. The molecule has 0 bridgehead atoms. The number of rotatable bonds is 7. The maximum absolute atomic E-state index is 12.2. The van der Waals surface area contributed by atoms with Crippen LogP contribution in [0.1, 0.15) is 21.7 Å². The average molecular weight is 432 g/mol. The van der Waals surface area contributed by atoms with E-state index in [0.717, 1.165) is 27.2 Å². The molecule has 0 aliphatic rings. The number of H-pyrrole nitrogens is 1. The van der Waals surface area contributed by atoms with Gasteiger partial charge in [-0.25, -0.2) is 0 Å². The monoisotopic (exact) mass is 431 g/mol. The van der Waals surface area contributed by atoms with Gasteiger partial charge in [0.05, 0.1) is 16.9 Å². The van der Waals surface area contributed by atoms with Crippen LogP contribution in [-0.4, -0.2) is 38.0 Å². The van der Waals surface area contributed by atoms with Gasteiger partial charge in [0.2, 0.25) is 0 Å². The van der Waals surface area contributed by atoms with Crippen molar-refractivity contribution in [1.29, 1.82) is 0 Å². The Morgan fingerprint density at radius 1 is 1.19 bits per heavy atom. The fourth-order valence-electron chi connectivity index (χ4n) is 3.07. The number of nitrogens with one attached hydrogen (secondary N) is 2. The second kappa shape index (κ2) is 9.44. The zero-order chi connectivity index (χ0) is 21.6. The minimum absolute atomic E-state index is 0.153. The van der Waals surface area contributed by atoms with E-state index < -0.39 is 0 Å². The van der Waals surface area contributed by atoms with Gasteiger partial charge in [-0.05, 0) is 54.6 Å². The number of pyridine rings is 2. The second-order valence-corrected chi connectivity index (χ2v) is 8.01. The molecule has 3 aromatic heterocycles. The molecule has 0 aliphatic carbocycles. The lowest BCUT2D eigenvalue weighted by Crippen LogP contribution is -2.32. The molecule has 0 atom stereocenters. The topological polar surface area (TPSA) is 92.7 Å². The number of fused-ring (bicyclic) bond motifs is 1. The highest BCUT2D eigenvalue weighted by Gasteiger charge is 2.10. The van der Waals surface area contributed by atoms with Crippen molar-refractivity contribution < 1.29 is 4.79 Å². The highest BCUT2D eigenvalue weighted by atomic mass is 32.2. The Morgan fingerprint density at radius 3 is 2.94 bits per heavy atom. The molecule has 1 amide bonds. The third kappa shape index (κ3) is 4.92. The molecular formula is C23H21N5O2S. The van der Waals surface area contributed by atoms with E-state index in [-0.39, 0.29) is 17.0 Å². The molecule has 0 radical (unpaired) electrons. The molecule has 2 N–H and O–H groups in total. The fourth-order valence-corrected chi connectivity index (χ4v) is 3.88. The molecular weight excluding hydrogens is 410 g/mol. The van der Waals surface area contributed by atoms with E-state index in [4.69, 9.17) is 0 Å². The molecule has 4 aromatic rings. The van der Waals surface area contributed by atoms with Gasteiger partial charge in [0.15, 0.2) is 0 Å². The van der Waals surface area contributed by atoms with Crippen LogP contribution in [-0.2, 0) is 7.05 Å². The second-order valence-electron chi connectivity index (χ2n) is 6.85. The maximum Gasteiger partial charge on any atom is 0.263 e. The van der Waals surface area contributed by atoms with Crippen LogP contribution in [0, 0.1) is 0 Å². The zero-order valence-corrected chi connectivity index (χ0v) is 17.7. The summed E-state index contributed by atoms with van der Waals surface area (Å²) in [5.74, 6) is 0.334. The van der Waals surface area contributed by atoms with Crippen molar-refractivity contribution >= 4 is 40.7 Å². The van der Waals surface area contributed by atoms with E-state index in [9.17, 15) is 9.59 Å². The van der Waals surface area contributed by atoms with Crippen LogP contribution in [0.4, 0.5) is 0 Å². The Kier molecular flexibility index (Phi) is 6.28. The van der Waals surface area contributed by atoms with E-state index >= 15 is 0 Å². The SMILES string of the molecule is Cn1cccc(C(=O)NCCSc2ccc3c(C=Cc4ccccn4)n[nH]c3c2)c1=O. The lowest BCUT2D eigenvalue weighted by molar-refractivity contribution is 0.0954. The summed E-state index contributed by atoms with van der Waals surface area (Å²) in [7, 11) is 1.63. The number of nitrogens with zero attached hydrogens (tertiary/aromatic N) is 3. The lowest BCUT2D eigenvalue weighted by atomic mass is 10.2. The number of carbonyl (C=O) groups excluding carboxylic acids is 1. The molecule has 4 rings (SSSR count). The smallest absolute Gasteiger partial charge is 0.263 e. The first-order valence-electron chi connectivity index (χ1n) is 9.76. The van der Waals surface area contributed by atoms with Gasteiger partial charge >= 0.3 is 0 Å². The van der Waals surface area contributed by atoms with E-state index in [1.54, 1.807) is 37.3 Å². The van der Waals surface area contributed by atoms with Crippen molar-refractivity contribution in [2.24, 2.45) is 7.05 Å². The van der Waals surface area contributed by atoms with Gasteiger partial charge in [-0.3, -0.25) is 19.7 Å². The first kappa shape index (κ1) is 20.6. The number of amides is 1. The maximum atomic E-state index is 12.2. The summed E-state index contributed by atoms with van der Waals surface area (Å²) in [4.78, 5) is 29.6. The molecule has 156 valence electrons. The summed E-state index contributed by atoms with van der Waals surface area (Å²) in [5, 5.41) is 11.3. The van der Waals surface area contributed by atoms with E-state index in [0.29, 0.717) is 12.3 Å². The van der Waals surface area contributed by atoms with E-state index in [1.807, 2.05) is 48.6 Å². The molecule has 31 heavy (non-hydrogen) atoms. The van der Waals surface area contributed by atoms with Crippen molar-refractivity contribution in [2.45, 2.75) is 4.90 Å². The molecule has 0 fully saturated rings. The molecule has 0 spiro atoms. The van der Waals surface area contributed by atoms with Crippen molar-refractivity contribution in [2.75, 3.05) is 12.3 Å². The zero-order valence-electron chi connectivity index (χ0n) is 16.9. The van der Waals surface area contributed by atoms with Crippen LogP contribution >= 0.6 is 11.8 Å². The molecule has 7 nitrogen and oxygen atoms in total. The van der Waals surface area contributed by atoms with Crippen molar-refractivity contribution in [3.05, 3.63) is 88.2 Å².